The maximum Gasteiger partial charge on any atom is 0.271 e. The van der Waals surface area contributed by atoms with Gasteiger partial charge in [-0.15, -0.1) is 0 Å². The molecule has 0 unspecified atom stereocenters. The molecule has 0 bridgehead atoms. The minimum absolute atomic E-state index is 0.136. The summed E-state index contributed by atoms with van der Waals surface area (Å²) in [5, 5.41) is 12.8. The SMILES string of the molecule is CC(C)(NC(=O)c1cc([N+](=O)[O-])cc(Cl)c1Cl)C(N)=O. The van der Waals surface area contributed by atoms with E-state index in [1.165, 1.54) is 13.8 Å². The highest BCUT2D eigenvalue weighted by atomic mass is 35.5. The van der Waals surface area contributed by atoms with Crippen molar-refractivity contribution in [1.82, 2.24) is 5.32 Å². The minimum Gasteiger partial charge on any atom is -0.368 e. The second kappa shape index (κ2) is 5.64. The summed E-state index contributed by atoms with van der Waals surface area (Å²) in [5.74, 6) is -1.55. The van der Waals surface area contributed by atoms with E-state index in [1.807, 2.05) is 0 Å². The molecule has 0 saturated heterocycles. The molecule has 0 aliphatic rings. The van der Waals surface area contributed by atoms with Crippen molar-refractivity contribution in [3.8, 4) is 0 Å². The normalized spacial score (nSPS) is 11.0. The highest BCUT2D eigenvalue weighted by Crippen LogP contribution is 2.31. The molecule has 0 fully saturated rings. The number of halogens is 2. The van der Waals surface area contributed by atoms with Crippen LogP contribution in [-0.2, 0) is 4.79 Å². The van der Waals surface area contributed by atoms with Crippen LogP contribution in [0, 0.1) is 10.1 Å². The van der Waals surface area contributed by atoms with Gasteiger partial charge >= 0.3 is 0 Å². The minimum atomic E-state index is -1.34. The lowest BCUT2D eigenvalue weighted by atomic mass is 10.0. The number of nitrogens with one attached hydrogen (secondary N) is 1. The summed E-state index contributed by atoms with van der Waals surface area (Å²) in [4.78, 5) is 33.2. The largest absolute Gasteiger partial charge is 0.368 e. The maximum absolute atomic E-state index is 12.0. The molecule has 0 saturated carbocycles. The van der Waals surface area contributed by atoms with E-state index in [1.54, 1.807) is 0 Å². The third-order valence-corrected chi connectivity index (χ3v) is 3.31. The lowest BCUT2D eigenvalue weighted by molar-refractivity contribution is -0.384. The predicted molar refractivity (Wildman–Crippen MR) is 73.9 cm³/mol. The molecule has 0 spiro atoms. The van der Waals surface area contributed by atoms with Crippen LogP contribution in [0.1, 0.15) is 24.2 Å². The van der Waals surface area contributed by atoms with E-state index >= 15 is 0 Å². The average Bonchev–Trinajstić information content (AvgIpc) is 2.31. The number of hydrogen-bond acceptors (Lipinski definition) is 4. The quantitative estimate of drug-likeness (QED) is 0.651. The summed E-state index contributed by atoms with van der Waals surface area (Å²) >= 11 is 11.6. The van der Waals surface area contributed by atoms with Gasteiger partial charge in [-0.3, -0.25) is 19.7 Å². The molecule has 0 aromatic heterocycles. The van der Waals surface area contributed by atoms with E-state index in [9.17, 15) is 19.7 Å². The number of carbonyl (C=O) groups excluding carboxylic acids is 2. The van der Waals surface area contributed by atoms with Crippen LogP contribution in [0.4, 0.5) is 5.69 Å². The molecule has 0 aliphatic heterocycles. The average molecular weight is 320 g/mol. The summed E-state index contributed by atoms with van der Waals surface area (Å²) in [6.45, 7) is 2.78. The molecule has 3 N–H and O–H groups in total. The van der Waals surface area contributed by atoms with Crippen molar-refractivity contribution in [3.05, 3.63) is 37.9 Å². The lowest BCUT2D eigenvalue weighted by Gasteiger charge is -2.22. The smallest absolute Gasteiger partial charge is 0.271 e. The Morgan fingerprint density at radius 2 is 1.90 bits per heavy atom. The van der Waals surface area contributed by atoms with Gasteiger partial charge in [0.1, 0.15) is 5.54 Å². The zero-order valence-corrected chi connectivity index (χ0v) is 12.1. The van der Waals surface area contributed by atoms with Crippen LogP contribution in [0.3, 0.4) is 0 Å². The molecule has 0 heterocycles. The van der Waals surface area contributed by atoms with Crippen LogP contribution in [0.15, 0.2) is 12.1 Å². The van der Waals surface area contributed by atoms with Crippen LogP contribution < -0.4 is 11.1 Å². The van der Waals surface area contributed by atoms with Gasteiger partial charge in [0.25, 0.3) is 11.6 Å². The fourth-order valence-corrected chi connectivity index (χ4v) is 1.67. The Hall–Kier alpha value is -1.86. The number of non-ortho nitro benzene ring substituents is 1. The van der Waals surface area contributed by atoms with Gasteiger partial charge in [-0.1, -0.05) is 23.2 Å². The monoisotopic (exact) mass is 319 g/mol. The van der Waals surface area contributed by atoms with Crippen molar-refractivity contribution in [2.45, 2.75) is 19.4 Å². The van der Waals surface area contributed by atoms with Crippen LogP contribution >= 0.6 is 23.2 Å². The summed E-state index contributed by atoms with van der Waals surface area (Å²) in [7, 11) is 0. The molecule has 0 atom stereocenters. The maximum atomic E-state index is 12.0. The number of nitro groups is 1. The fraction of sp³-hybridized carbons (Fsp3) is 0.273. The number of nitrogens with zero attached hydrogens (tertiary/aromatic N) is 1. The summed E-state index contributed by atoms with van der Waals surface area (Å²) in [6.07, 6.45) is 0. The third-order valence-electron chi connectivity index (χ3n) is 2.51. The summed E-state index contributed by atoms with van der Waals surface area (Å²) in [6, 6.07) is 2.00. The first-order valence-corrected chi connectivity index (χ1v) is 6.07. The van der Waals surface area contributed by atoms with Crippen molar-refractivity contribution >= 4 is 40.7 Å². The Bertz CT molecular complexity index is 602. The molecule has 7 nitrogen and oxygen atoms in total. The van der Waals surface area contributed by atoms with E-state index in [0.717, 1.165) is 12.1 Å². The second-order valence-electron chi connectivity index (χ2n) is 4.49. The highest BCUT2D eigenvalue weighted by Gasteiger charge is 2.29. The molecule has 2 amide bonds. The van der Waals surface area contributed by atoms with Crippen LogP contribution in [0.5, 0.6) is 0 Å². The molecule has 0 aliphatic carbocycles. The van der Waals surface area contributed by atoms with Gasteiger partial charge < -0.3 is 11.1 Å². The molecule has 9 heteroatoms. The zero-order chi connectivity index (χ0) is 15.7. The summed E-state index contributed by atoms with van der Waals surface area (Å²) in [5.41, 5.74) is 3.19. The van der Waals surface area contributed by atoms with Gasteiger partial charge in [0.05, 0.1) is 20.5 Å². The molecule has 1 aromatic carbocycles. The van der Waals surface area contributed by atoms with Crippen LogP contribution in [0.2, 0.25) is 10.0 Å². The first kappa shape index (κ1) is 16.2. The van der Waals surface area contributed by atoms with E-state index in [-0.39, 0.29) is 21.3 Å². The number of amides is 2. The number of rotatable bonds is 4. The molecule has 108 valence electrons. The van der Waals surface area contributed by atoms with E-state index in [2.05, 4.69) is 5.32 Å². The topological polar surface area (TPSA) is 115 Å². The van der Waals surface area contributed by atoms with Crippen molar-refractivity contribution < 1.29 is 14.5 Å². The molecule has 0 radical (unpaired) electrons. The second-order valence-corrected chi connectivity index (χ2v) is 5.27. The standard InChI is InChI=1S/C11H11Cl2N3O4/c1-11(2,10(14)18)15-9(17)6-3-5(16(19)20)4-7(12)8(6)13/h3-4H,1-2H3,(H2,14,18)(H,15,17). The van der Waals surface area contributed by atoms with Crippen LogP contribution in [-0.4, -0.2) is 22.3 Å². The molecule has 1 rings (SSSR count). The zero-order valence-electron chi connectivity index (χ0n) is 10.6. The van der Waals surface area contributed by atoms with Crippen molar-refractivity contribution in [3.63, 3.8) is 0 Å². The van der Waals surface area contributed by atoms with Gasteiger partial charge in [0, 0.05) is 12.1 Å². The van der Waals surface area contributed by atoms with Gasteiger partial charge in [-0.25, -0.2) is 0 Å². The van der Waals surface area contributed by atoms with Gasteiger partial charge in [-0.05, 0) is 13.8 Å². The molecule has 1 aromatic rings. The number of benzene rings is 1. The van der Waals surface area contributed by atoms with Gasteiger partial charge in [0.15, 0.2) is 0 Å². The first-order chi connectivity index (χ1) is 9.06. The molecule has 20 heavy (non-hydrogen) atoms. The predicted octanol–water partition coefficient (Wildman–Crippen LogP) is 1.90. The molecular weight excluding hydrogens is 309 g/mol. The van der Waals surface area contributed by atoms with Crippen molar-refractivity contribution in [2.75, 3.05) is 0 Å². The van der Waals surface area contributed by atoms with Gasteiger partial charge in [-0.2, -0.15) is 0 Å². The number of carbonyl (C=O) groups is 2. The van der Waals surface area contributed by atoms with Crippen molar-refractivity contribution in [1.29, 1.82) is 0 Å². The fourth-order valence-electron chi connectivity index (χ4n) is 1.26. The van der Waals surface area contributed by atoms with E-state index in [0.29, 0.717) is 0 Å². The Morgan fingerprint density at radius 1 is 1.35 bits per heavy atom. The Balaban J connectivity index is 3.23. The highest BCUT2D eigenvalue weighted by molar-refractivity contribution is 6.44. The number of primary amides is 1. The molecular formula is C11H11Cl2N3O4. The first-order valence-electron chi connectivity index (χ1n) is 5.32. The number of nitro benzene ring substituents is 1. The number of nitrogens with two attached hydrogens (primary N) is 1. The van der Waals surface area contributed by atoms with E-state index < -0.39 is 22.3 Å². The third kappa shape index (κ3) is 3.37. The Labute approximate surface area is 124 Å². The summed E-state index contributed by atoms with van der Waals surface area (Å²) < 4.78 is 0. The van der Waals surface area contributed by atoms with E-state index in [4.69, 9.17) is 28.9 Å². The number of hydrogen-bond donors (Lipinski definition) is 2. The van der Waals surface area contributed by atoms with Gasteiger partial charge in [0.2, 0.25) is 5.91 Å². The van der Waals surface area contributed by atoms with Crippen molar-refractivity contribution in [2.24, 2.45) is 5.73 Å². The van der Waals surface area contributed by atoms with Crippen LogP contribution in [0.25, 0.3) is 0 Å². The lowest BCUT2D eigenvalue weighted by Crippen LogP contribution is -2.53. The Kier molecular flexibility index (Phi) is 4.57. The Morgan fingerprint density at radius 3 is 2.35 bits per heavy atom.